The topological polar surface area (TPSA) is 55.4 Å². The van der Waals surface area contributed by atoms with Gasteiger partial charge in [0.1, 0.15) is 11.6 Å². The van der Waals surface area contributed by atoms with Gasteiger partial charge in [-0.1, -0.05) is 18.2 Å². The molecule has 1 N–H and O–H groups in total. The van der Waals surface area contributed by atoms with E-state index in [1.165, 1.54) is 23.3 Å². The number of benzene rings is 2. The maximum Gasteiger partial charge on any atom is 0.150 e. The second kappa shape index (κ2) is 11.0. The summed E-state index contributed by atoms with van der Waals surface area (Å²) < 4.78 is 43.5. The van der Waals surface area contributed by atoms with Crippen LogP contribution in [-0.4, -0.2) is 39.6 Å². The van der Waals surface area contributed by atoms with Crippen molar-refractivity contribution in [1.29, 1.82) is 0 Å². The monoisotopic (exact) mass is 481 g/mol. The normalized spacial score (nSPS) is 20.3. The van der Waals surface area contributed by atoms with E-state index in [1.807, 2.05) is 25.2 Å². The molecule has 2 aromatic rings. The summed E-state index contributed by atoms with van der Waals surface area (Å²) in [7, 11) is -0.963. The van der Waals surface area contributed by atoms with Crippen molar-refractivity contribution in [2.45, 2.75) is 50.5 Å². The van der Waals surface area contributed by atoms with Crippen molar-refractivity contribution in [3.8, 4) is 5.75 Å². The molecule has 0 bridgehead atoms. The molecule has 0 amide bonds. The molecule has 0 spiro atoms. The molecule has 176 valence electrons. The van der Waals surface area contributed by atoms with Crippen LogP contribution in [0.5, 0.6) is 5.75 Å². The number of hydrogen-bond donors (Lipinski definition) is 1. The van der Waals surface area contributed by atoms with Gasteiger partial charge in [-0.05, 0) is 92.4 Å². The Morgan fingerprint density at radius 1 is 1.09 bits per heavy atom. The summed E-state index contributed by atoms with van der Waals surface area (Å²) in [6, 6.07) is 13.3. The lowest BCUT2D eigenvalue weighted by atomic mass is 9.76. The van der Waals surface area contributed by atoms with E-state index < -0.39 is 9.84 Å². The number of fused-ring (bicyclic) bond motifs is 1. The summed E-state index contributed by atoms with van der Waals surface area (Å²) in [4.78, 5) is 0. The second-order valence-electron chi connectivity index (χ2n) is 8.99. The Balaban J connectivity index is 0.00000289. The number of aryl methyl sites for hydroxylation is 1. The predicted octanol–water partition coefficient (Wildman–Crippen LogP) is 4.70. The zero-order valence-electron chi connectivity index (χ0n) is 18.6. The van der Waals surface area contributed by atoms with Crippen LogP contribution in [0, 0.1) is 11.7 Å². The fourth-order valence-corrected chi connectivity index (χ4v) is 6.41. The molecular formula is C25H33ClFNO3S. The van der Waals surface area contributed by atoms with Crippen LogP contribution in [0.4, 0.5) is 4.39 Å². The smallest absolute Gasteiger partial charge is 0.150 e. The number of nitrogens with one attached hydrogen (secondary N) is 1. The lowest BCUT2D eigenvalue weighted by Crippen LogP contribution is -2.37. The highest BCUT2D eigenvalue weighted by Crippen LogP contribution is 2.36. The Hall–Kier alpha value is -1.63. The van der Waals surface area contributed by atoms with Crippen LogP contribution in [0.2, 0.25) is 0 Å². The molecule has 1 saturated carbocycles. The van der Waals surface area contributed by atoms with Crippen molar-refractivity contribution >= 4 is 22.2 Å². The van der Waals surface area contributed by atoms with Crippen molar-refractivity contribution in [2.24, 2.45) is 5.92 Å². The Morgan fingerprint density at radius 2 is 1.84 bits per heavy atom. The van der Waals surface area contributed by atoms with Gasteiger partial charge in [-0.15, -0.1) is 12.4 Å². The molecule has 4 rings (SSSR count). The summed E-state index contributed by atoms with van der Waals surface area (Å²) in [5, 5.41) is 3.45. The number of likely N-dealkylation sites (N-methyl/N-ethyl adjacent to an activating group) is 1. The molecule has 0 heterocycles. The van der Waals surface area contributed by atoms with Crippen LogP contribution in [0.25, 0.3) is 0 Å². The van der Waals surface area contributed by atoms with E-state index >= 15 is 0 Å². The van der Waals surface area contributed by atoms with Gasteiger partial charge in [0.15, 0.2) is 9.84 Å². The minimum Gasteiger partial charge on any atom is -0.494 e. The molecule has 0 aliphatic heterocycles. The third-order valence-corrected chi connectivity index (χ3v) is 8.41. The molecule has 0 radical (unpaired) electrons. The van der Waals surface area contributed by atoms with E-state index in [1.54, 1.807) is 0 Å². The average molecular weight is 482 g/mol. The Labute approximate surface area is 197 Å². The summed E-state index contributed by atoms with van der Waals surface area (Å²) in [5.41, 5.74) is 3.72. The molecule has 2 aliphatic carbocycles. The average Bonchev–Trinajstić information content (AvgIpc) is 3.56. The van der Waals surface area contributed by atoms with E-state index in [2.05, 4.69) is 17.4 Å². The van der Waals surface area contributed by atoms with E-state index in [0.29, 0.717) is 30.7 Å². The van der Waals surface area contributed by atoms with E-state index in [9.17, 15) is 12.8 Å². The third kappa shape index (κ3) is 6.69. The summed E-state index contributed by atoms with van der Waals surface area (Å²) in [5.74, 6) is 1.78. The van der Waals surface area contributed by atoms with E-state index in [0.717, 1.165) is 43.4 Å². The first-order chi connectivity index (χ1) is 14.9. The van der Waals surface area contributed by atoms with Crippen molar-refractivity contribution in [3.05, 3.63) is 65.0 Å². The Morgan fingerprint density at radius 3 is 2.53 bits per heavy atom. The maximum atomic E-state index is 13.3. The highest BCUT2D eigenvalue weighted by atomic mass is 35.5. The van der Waals surface area contributed by atoms with Crippen molar-refractivity contribution in [3.63, 3.8) is 0 Å². The summed E-state index contributed by atoms with van der Waals surface area (Å²) in [6.45, 7) is 0.404. The molecule has 2 unspecified atom stereocenters. The summed E-state index contributed by atoms with van der Waals surface area (Å²) in [6.07, 6.45) is 5.54. The second-order valence-corrected chi connectivity index (χ2v) is 11.2. The van der Waals surface area contributed by atoms with Gasteiger partial charge in [-0.3, -0.25) is 0 Å². The molecule has 0 saturated heterocycles. The predicted molar refractivity (Wildman–Crippen MR) is 129 cm³/mol. The minimum absolute atomic E-state index is 0. The lowest BCUT2D eigenvalue weighted by molar-refractivity contribution is 0.315. The molecule has 2 aliphatic rings. The fraction of sp³-hybridized carbons (Fsp3) is 0.520. The van der Waals surface area contributed by atoms with Crippen LogP contribution in [0.3, 0.4) is 0 Å². The fourth-order valence-electron chi connectivity index (χ4n) is 4.63. The van der Waals surface area contributed by atoms with Gasteiger partial charge in [0, 0.05) is 12.0 Å². The van der Waals surface area contributed by atoms with Gasteiger partial charge >= 0.3 is 0 Å². The number of hydrogen-bond acceptors (Lipinski definition) is 4. The molecule has 32 heavy (non-hydrogen) atoms. The number of rotatable bonds is 10. The molecule has 7 heteroatoms. The zero-order valence-corrected chi connectivity index (χ0v) is 20.2. The first-order valence-corrected chi connectivity index (χ1v) is 13.1. The highest BCUT2D eigenvalue weighted by Gasteiger charge is 2.29. The van der Waals surface area contributed by atoms with Crippen LogP contribution < -0.4 is 10.1 Å². The molecule has 1 fully saturated rings. The first-order valence-electron chi connectivity index (χ1n) is 11.3. The van der Waals surface area contributed by atoms with Crippen molar-refractivity contribution < 1.29 is 17.5 Å². The Bertz CT molecular complexity index is 993. The van der Waals surface area contributed by atoms with Crippen LogP contribution in [0.15, 0.2) is 42.5 Å². The third-order valence-electron chi connectivity index (χ3n) is 6.52. The largest absolute Gasteiger partial charge is 0.494 e. The molecule has 2 atom stereocenters. The van der Waals surface area contributed by atoms with Crippen LogP contribution in [0.1, 0.15) is 48.3 Å². The Kier molecular flexibility index (Phi) is 8.59. The minimum atomic E-state index is -2.96. The number of halogens is 2. The standard InChI is InChI=1S/C25H32FNO3S.ClH/c1-27-25-12-8-20-7-11-22(30-13-2-14-31(28,29)17-19-3-4-19)16-23(20)24(25)15-18-5-9-21(26)10-6-18;/h5-7,9-11,16,19,24-25,27H,2-4,8,12-15,17H2,1H3;1H. The van der Waals surface area contributed by atoms with E-state index in [-0.39, 0.29) is 29.9 Å². The zero-order chi connectivity index (χ0) is 21.8. The van der Waals surface area contributed by atoms with Gasteiger partial charge in [0.05, 0.1) is 18.1 Å². The van der Waals surface area contributed by atoms with Crippen molar-refractivity contribution in [1.82, 2.24) is 5.32 Å². The quantitative estimate of drug-likeness (QED) is 0.500. The summed E-state index contributed by atoms with van der Waals surface area (Å²) >= 11 is 0. The number of sulfone groups is 1. The van der Waals surface area contributed by atoms with Crippen LogP contribution in [-0.2, 0) is 22.7 Å². The molecule has 2 aromatic carbocycles. The van der Waals surface area contributed by atoms with Gasteiger partial charge in [0.25, 0.3) is 0 Å². The van der Waals surface area contributed by atoms with Gasteiger partial charge < -0.3 is 10.1 Å². The van der Waals surface area contributed by atoms with Crippen LogP contribution >= 0.6 is 12.4 Å². The maximum absolute atomic E-state index is 13.3. The van der Waals surface area contributed by atoms with Gasteiger partial charge in [-0.2, -0.15) is 0 Å². The first kappa shape index (κ1) is 25.0. The van der Waals surface area contributed by atoms with E-state index in [4.69, 9.17) is 4.74 Å². The SMILES string of the molecule is CNC1CCc2ccc(OCCCS(=O)(=O)CC3CC3)cc2C1Cc1ccc(F)cc1.Cl. The lowest BCUT2D eigenvalue weighted by Gasteiger charge is -2.34. The van der Waals surface area contributed by atoms with Crippen molar-refractivity contribution in [2.75, 3.05) is 25.2 Å². The molecule has 0 aromatic heterocycles. The molecule has 4 nitrogen and oxygen atoms in total. The number of ether oxygens (including phenoxy) is 1. The van der Waals surface area contributed by atoms with Gasteiger partial charge in [0.2, 0.25) is 0 Å². The van der Waals surface area contributed by atoms with Gasteiger partial charge in [-0.25, -0.2) is 12.8 Å². The molecular weight excluding hydrogens is 449 g/mol. The highest BCUT2D eigenvalue weighted by molar-refractivity contribution is 7.91.